The summed E-state index contributed by atoms with van der Waals surface area (Å²) in [5, 5.41) is 5.50. The van der Waals surface area contributed by atoms with Crippen LogP contribution in [0.3, 0.4) is 0 Å². The van der Waals surface area contributed by atoms with Crippen LogP contribution in [0, 0.1) is 12.8 Å². The fraction of sp³-hybridized carbons (Fsp3) is 0.257. The molecule has 0 spiro atoms. The summed E-state index contributed by atoms with van der Waals surface area (Å²) in [5.41, 5.74) is 11.5. The summed E-state index contributed by atoms with van der Waals surface area (Å²) in [5.74, 6) is 0.636. The van der Waals surface area contributed by atoms with Gasteiger partial charge in [-0.15, -0.1) is 0 Å². The van der Waals surface area contributed by atoms with Crippen molar-refractivity contribution in [1.82, 2.24) is 0 Å². The van der Waals surface area contributed by atoms with E-state index in [-0.39, 0.29) is 5.41 Å². The third-order valence-corrected chi connectivity index (χ3v) is 8.45. The first kappa shape index (κ1) is 22.1. The third kappa shape index (κ3) is 3.19. The van der Waals surface area contributed by atoms with Crippen LogP contribution in [0.1, 0.15) is 56.4 Å². The Kier molecular flexibility index (Phi) is 5.11. The van der Waals surface area contributed by atoms with Crippen LogP contribution < -0.4 is 0 Å². The number of hydrogen-bond donors (Lipinski definition) is 0. The molecule has 1 aliphatic carbocycles. The summed E-state index contributed by atoms with van der Waals surface area (Å²) in [6, 6.07) is 31.7. The molecule has 0 bridgehead atoms. The highest BCUT2D eigenvalue weighted by atomic mass is 14.4. The highest BCUT2D eigenvalue weighted by Gasteiger charge is 2.41. The molecule has 0 saturated carbocycles. The molecule has 0 fully saturated rings. The second-order valence-corrected chi connectivity index (χ2v) is 11.0. The van der Waals surface area contributed by atoms with Gasteiger partial charge in [0.2, 0.25) is 0 Å². The predicted molar refractivity (Wildman–Crippen MR) is 152 cm³/mol. The Morgan fingerprint density at radius 2 is 1.20 bits per heavy atom. The van der Waals surface area contributed by atoms with Gasteiger partial charge in [-0.1, -0.05) is 119 Å². The maximum atomic E-state index is 2.46. The Morgan fingerprint density at radius 1 is 0.629 bits per heavy atom. The molecule has 174 valence electrons. The molecule has 35 heavy (non-hydrogen) atoms. The van der Waals surface area contributed by atoms with E-state index in [4.69, 9.17) is 0 Å². The first-order valence-corrected chi connectivity index (χ1v) is 13.1. The van der Waals surface area contributed by atoms with Crippen molar-refractivity contribution < 1.29 is 0 Å². The van der Waals surface area contributed by atoms with Crippen LogP contribution in [0.5, 0.6) is 0 Å². The molecule has 0 radical (unpaired) electrons. The van der Waals surface area contributed by atoms with E-state index in [0.29, 0.717) is 5.92 Å². The number of benzene rings is 5. The van der Waals surface area contributed by atoms with E-state index in [1.165, 1.54) is 66.9 Å². The normalized spacial score (nSPS) is 14.8. The zero-order valence-electron chi connectivity index (χ0n) is 21.6. The van der Waals surface area contributed by atoms with Crippen LogP contribution in [-0.4, -0.2) is 0 Å². The zero-order valence-corrected chi connectivity index (χ0v) is 21.6. The number of fused-ring (bicyclic) bond motifs is 8. The van der Waals surface area contributed by atoms with E-state index in [0.717, 1.165) is 6.42 Å². The Hall–Kier alpha value is -3.38. The minimum atomic E-state index is -0.0736. The molecule has 0 amide bonds. The van der Waals surface area contributed by atoms with Gasteiger partial charge in [-0.25, -0.2) is 0 Å². The Labute approximate surface area is 209 Å². The Bertz CT molecular complexity index is 1600. The maximum absolute atomic E-state index is 2.46. The van der Waals surface area contributed by atoms with Crippen LogP contribution >= 0.6 is 0 Å². The van der Waals surface area contributed by atoms with Crippen molar-refractivity contribution in [3.63, 3.8) is 0 Å². The molecule has 0 heterocycles. The van der Waals surface area contributed by atoms with Crippen LogP contribution in [0.2, 0.25) is 0 Å². The summed E-state index contributed by atoms with van der Waals surface area (Å²) in [4.78, 5) is 0. The van der Waals surface area contributed by atoms with Crippen LogP contribution in [0.25, 0.3) is 43.8 Å². The van der Waals surface area contributed by atoms with Crippen molar-refractivity contribution in [1.29, 1.82) is 0 Å². The predicted octanol–water partition coefficient (Wildman–Crippen LogP) is 9.86. The molecule has 6 rings (SSSR count). The van der Waals surface area contributed by atoms with Gasteiger partial charge < -0.3 is 0 Å². The summed E-state index contributed by atoms with van der Waals surface area (Å²) in [6.45, 7) is 11.9. The molecule has 0 saturated heterocycles. The largest absolute Gasteiger partial charge is 0.0651 e. The average molecular weight is 455 g/mol. The maximum Gasteiger partial charge on any atom is 0.0168 e. The number of rotatable bonds is 4. The van der Waals surface area contributed by atoms with Crippen molar-refractivity contribution in [3.05, 3.63) is 107 Å². The van der Waals surface area contributed by atoms with Crippen molar-refractivity contribution in [3.8, 4) is 22.3 Å². The summed E-state index contributed by atoms with van der Waals surface area (Å²) in [6.07, 6.45) is 2.30. The molecular formula is C35H34. The minimum absolute atomic E-state index is 0.0736. The number of hydrogen-bond acceptors (Lipinski definition) is 0. The van der Waals surface area contributed by atoms with Crippen molar-refractivity contribution in [2.45, 2.75) is 52.9 Å². The molecule has 0 N–H and O–H groups in total. The molecule has 1 aliphatic rings. The van der Waals surface area contributed by atoms with Gasteiger partial charge in [0, 0.05) is 5.41 Å². The highest BCUT2D eigenvalue weighted by molar-refractivity contribution is 6.18. The zero-order chi connectivity index (χ0) is 24.3. The summed E-state index contributed by atoms with van der Waals surface area (Å²) < 4.78 is 0. The first-order valence-electron chi connectivity index (χ1n) is 13.1. The SMILES string of the molecule is CCC(C)Cc1c(-c2ccccc2C)ccc2c1C(C)(C)c1c-2c2ccccc2c2ccccc12. The van der Waals surface area contributed by atoms with E-state index in [1.807, 2.05) is 0 Å². The standard InChI is InChI=1S/C35H34/c1-6-22(2)21-31-27(24-14-8-7-13-23(24)3)19-20-30-32-28-17-11-9-15-25(28)26-16-10-12-18-29(26)34(32)35(4,5)33(30)31/h7-20,22H,6,21H2,1-5H3. The van der Waals surface area contributed by atoms with Crippen LogP contribution in [0.15, 0.2) is 84.9 Å². The van der Waals surface area contributed by atoms with Gasteiger partial charge in [-0.2, -0.15) is 0 Å². The van der Waals surface area contributed by atoms with Gasteiger partial charge in [-0.3, -0.25) is 0 Å². The highest BCUT2D eigenvalue weighted by Crippen LogP contribution is 2.57. The van der Waals surface area contributed by atoms with E-state index < -0.39 is 0 Å². The second-order valence-electron chi connectivity index (χ2n) is 11.0. The fourth-order valence-corrected chi connectivity index (χ4v) is 6.60. The smallest absolute Gasteiger partial charge is 0.0168 e. The minimum Gasteiger partial charge on any atom is -0.0651 e. The van der Waals surface area contributed by atoms with Crippen molar-refractivity contribution >= 4 is 21.5 Å². The van der Waals surface area contributed by atoms with E-state index in [2.05, 4.69) is 120 Å². The summed E-state index contributed by atoms with van der Waals surface area (Å²) in [7, 11) is 0. The molecule has 5 aromatic rings. The average Bonchev–Trinajstić information content (AvgIpc) is 3.12. The topological polar surface area (TPSA) is 0 Å². The van der Waals surface area contributed by atoms with Crippen LogP contribution in [-0.2, 0) is 11.8 Å². The molecule has 0 nitrogen and oxygen atoms in total. The summed E-state index contributed by atoms with van der Waals surface area (Å²) >= 11 is 0. The third-order valence-electron chi connectivity index (χ3n) is 8.45. The van der Waals surface area contributed by atoms with Crippen molar-refractivity contribution in [2.75, 3.05) is 0 Å². The van der Waals surface area contributed by atoms with Gasteiger partial charge in [0.1, 0.15) is 0 Å². The molecule has 0 aliphatic heterocycles. The Morgan fingerprint density at radius 3 is 1.89 bits per heavy atom. The molecule has 5 aromatic carbocycles. The Balaban J connectivity index is 1.76. The molecule has 0 heteroatoms. The van der Waals surface area contributed by atoms with Gasteiger partial charge in [-0.05, 0) is 85.3 Å². The monoisotopic (exact) mass is 454 g/mol. The molecule has 1 atom stereocenters. The molecule has 1 unspecified atom stereocenters. The lowest BCUT2D eigenvalue weighted by atomic mass is 9.75. The van der Waals surface area contributed by atoms with E-state index in [9.17, 15) is 0 Å². The van der Waals surface area contributed by atoms with E-state index in [1.54, 1.807) is 5.56 Å². The lowest BCUT2D eigenvalue weighted by Gasteiger charge is -2.28. The number of aryl methyl sites for hydroxylation is 1. The van der Waals surface area contributed by atoms with E-state index >= 15 is 0 Å². The van der Waals surface area contributed by atoms with Crippen LogP contribution in [0.4, 0.5) is 0 Å². The van der Waals surface area contributed by atoms with Gasteiger partial charge in [0.05, 0.1) is 0 Å². The molecule has 0 aromatic heterocycles. The first-order chi connectivity index (χ1) is 16.9. The van der Waals surface area contributed by atoms with Gasteiger partial charge >= 0.3 is 0 Å². The van der Waals surface area contributed by atoms with Crippen molar-refractivity contribution in [2.24, 2.45) is 5.92 Å². The molecular weight excluding hydrogens is 420 g/mol. The van der Waals surface area contributed by atoms with Gasteiger partial charge in [0.25, 0.3) is 0 Å². The van der Waals surface area contributed by atoms with Gasteiger partial charge in [0.15, 0.2) is 0 Å². The lowest BCUT2D eigenvalue weighted by molar-refractivity contribution is 0.550. The lowest BCUT2D eigenvalue weighted by Crippen LogP contribution is -2.19. The quantitative estimate of drug-likeness (QED) is 0.237. The second kappa shape index (κ2) is 8.09. The fourth-order valence-electron chi connectivity index (χ4n) is 6.60.